The van der Waals surface area contributed by atoms with Gasteiger partial charge in [0.15, 0.2) is 0 Å². The van der Waals surface area contributed by atoms with Crippen molar-refractivity contribution in [1.29, 1.82) is 0 Å². The number of furan rings is 1. The maximum absolute atomic E-state index is 12.9. The second kappa shape index (κ2) is 9.67. The number of amides is 1. The van der Waals surface area contributed by atoms with Gasteiger partial charge in [-0.25, -0.2) is 8.42 Å². The van der Waals surface area contributed by atoms with E-state index in [4.69, 9.17) is 4.42 Å². The number of sulfonamides is 1. The molecule has 0 unspecified atom stereocenters. The molecule has 3 rings (SSSR count). The number of rotatable bonds is 9. The van der Waals surface area contributed by atoms with Gasteiger partial charge in [-0.2, -0.15) is 11.8 Å². The minimum Gasteiger partial charge on any atom is -0.468 e. The number of nitrogens with one attached hydrogen (secondary N) is 1. The molecule has 3 aromatic rings. The molecule has 0 fully saturated rings. The van der Waals surface area contributed by atoms with Gasteiger partial charge in [-0.05, 0) is 36.4 Å². The van der Waals surface area contributed by atoms with E-state index in [0.717, 1.165) is 15.8 Å². The Hall–Kier alpha value is -2.71. The van der Waals surface area contributed by atoms with Crippen LogP contribution >= 0.6 is 11.8 Å². The van der Waals surface area contributed by atoms with Crippen molar-refractivity contribution in [1.82, 2.24) is 5.32 Å². The molecular weight excluding hydrogens is 408 g/mol. The van der Waals surface area contributed by atoms with Gasteiger partial charge in [0.25, 0.3) is 15.9 Å². The summed E-state index contributed by atoms with van der Waals surface area (Å²) in [5.74, 6) is 2.03. The molecule has 6 nitrogen and oxygen atoms in total. The highest BCUT2D eigenvalue weighted by Gasteiger charge is 2.24. The van der Waals surface area contributed by atoms with Gasteiger partial charge < -0.3 is 9.73 Å². The Kier molecular flexibility index (Phi) is 7.00. The molecule has 0 aliphatic heterocycles. The molecule has 1 amide bonds. The fourth-order valence-electron chi connectivity index (χ4n) is 2.72. The minimum atomic E-state index is -3.76. The van der Waals surface area contributed by atoms with Crippen molar-refractivity contribution in [3.63, 3.8) is 0 Å². The monoisotopic (exact) mass is 430 g/mol. The van der Waals surface area contributed by atoms with E-state index in [9.17, 15) is 13.2 Å². The van der Waals surface area contributed by atoms with Gasteiger partial charge in [0.05, 0.1) is 28.2 Å². The second-order valence-electron chi connectivity index (χ2n) is 6.19. The van der Waals surface area contributed by atoms with Gasteiger partial charge in [0.2, 0.25) is 0 Å². The van der Waals surface area contributed by atoms with Crippen LogP contribution in [-0.2, 0) is 15.8 Å². The third kappa shape index (κ3) is 5.21. The highest BCUT2D eigenvalue weighted by molar-refractivity contribution is 7.98. The fraction of sp³-hybridized carbons (Fsp3) is 0.190. The standard InChI is InChI=1S/C21H22N2O4S2/c1-23(29(25,26)18-9-3-2-4-10-18)20-12-6-5-11-19(20)21(24)22-13-15-28-16-17-8-7-14-27-17/h2-12,14H,13,15-16H2,1H3,(H,22,24). The molecule has 1 aromatic heterocycles. The van der Waals surface area contributed by atoms with Crippen molar-refractivity contribution in [2.75, 3.05) is 23.7 Å². The quantitative estimate of drug-likeness (QED) is 0.523. The van der Waals surface area contributed by atoms with Crippen molar-refractivity contribution >= 4 is 33.4 Å². The lowest BCUT2D eigenvalue weighted by Crippen LogP contribution is -2.31. The van der Waals surface area contributed by atoms with Crippen LogP contribution in [0.4, 0.5) is 5.69 Å². The Bertz CT molecular complexity index is 1040. The summed E-state index contributed by atoms with van der Waals surface area (Å²) in [4.78, 5) is 12.8. The number of thioether (sulfide) groups is 1. The van der Waals surface area contributed by atoms with Crippen LogP contribution in [0.3, 0.4) is 0 Å². The fourth-order valence-corrected chi connectivity index (χ4v) is 4.71. The van der Waals surface area contributed by atoms with Gasteiger partial charge in [-0.3, -0.25) is 9.10 Å². The number of anilines is 1. The lowest BCUT2D eigenvalue weighted by atomic mass is 10.1. The van der Waals surface area contributed by atoms with Crippen molar-refractivity contribution in [2.24, 2.45) is 0 Å². The predicted octanol–water partition coefficient (Wildman–Crippen LogP) is 3.77. The minimum absolute atomic E-state index is 0.173. The van der Waals surface area contributed by atoms with Gasteiger partial charge in [0, 0.05) is 19.3 Å². The van der Waals surface area contributed by atoms with Crippen LogP contribution in [0.5, 0.6) is 0 Å². The Morgan fingerprint density at radius 3 is 2.48 bits per heavy atom. The Morgan fingerprint density at radius 1 is 1.03 bits per heavy atom. The van der Waals surface area contributed by atoms with Crippen LogP contribution in [0.2, 0.25) is 0 Å². The molecule has 0 bridgehead atoms. The number of hydrogen-bond acceptors (Lipinski definition) is 5. The number of hydrogen-bond donors (Lipinski definition) is 1. The van der Waals surface area contributed by atoms with Crippen LogP contribution in [0.15, 0.2) is 82.3 Å². The number of carbonyl (C=O) groups is 1. The van der Waals surface area contributed by atoms with Crippen molar-refractivity contribution < 1.29 is 17.6 Å². The van der Waals surface area contributed by atoms with Crippen molar-refractivity contribution in [3.8, 4) is 0 Å². The van der Waals surface area contributed by atoms with Crippen LogP contribution in [0.25, 0.3) is 0 Å². The zero-order valence-electron chi connectivity index (χ0n) is 15.9. The van der Waals surface area contributed by atoms with E-state index < -0.39 is 10.0 Å². The molecule has 0 aliphatic carbocycles. The van der Waals surface area contributed by atoms with Gasteiger partial charge in [-0.15, -0.1) is 0 Å². The normalized spacial score (nSPS) is 11.2. The van der Waals surface area contributed by atoms with Crippen LogP contribution in [-0.4, -0.2) is 33.7 Å². The summed E-state index contributed by atoms with van der Waals surface area (Å²) in [5, 5.41) is 2.85. The Morgan fingerprint density at radius 2 is 1.76 bits per heavy atom. The summed E-state index contributed by atoms with van der Waals surface area (Å²) in [6, 6.07) is 18.6. The van der Waals surface area contributed by atoms with E-state index in [2.05, 4.69) is 5.32 Å². The van der Waals surface area contributed by atoms with E-state index >= 15 is 0 Å². The van der Waals surface area contributed by atoms with E-state index in [1.165, 1.54) is 19.2 Å². The Labute approximate surface area is 175 Å². The molecule has 0 saturated carbocycles. The molecule has 1 heterocycles. The summed E-state index contributed by atoms with van der Waals surface area (Å²) in [5.41, 5.74) is 0.641. The van der Waals surface area contributed by atoms with Crippen LogP contribution in [0, 0.1) is 0 Å². The summed E-state index contributed by atoms with van der Waals surface area (Å²) in [7, 11) is -2.31. The number of nitrogens with zero attached hydrogens (tertiary/aromatic N) is 1. The van der Waals surface area contributed by atoms with Gasteiger partial charge in [-0.1, -0.05) is 30.3 Å². The molecule has 0 atom stereocenters. The van der Waals surface area contributed by atoms with Crippen LogP contribution < -0.4 is 9.62 Å². The average molecular weight is 431 g/mol. The molecular formula is C21H22N2O4S2. The zero-order chi connectivity index (χ0) is 20.7. The predicted molar refractivity (Wildman–Crippen MR) is 116 cm³/mol. The van der Waals surface area contributed by atoms with E-state index in [-0.39, 0.29) is 10.8 Å². The lowest BCUT2D eigenvalue weighted by Gasteiger charge is -2.22. The van der Waals surface area contributed by atoms with E-state index in [0.29, 0.717) is 23.5 Å². The summed E-state index contributed by atoms with van der Waals surface area (Å²) in [6.07, 6.45) is 1.63. The molecule has 1 N–H and O–H groups in total. The molecule has 152 valence electrons. The van der Waals surface area contributed by atoms with Gasteiger partial charge >= 0.3 is 0 Å². The first kappa shape index (κ1) is 21.0. The summed E-state index contributed by atoms with van der Waals surface area (Å²) in [6.45, 7) is 0.466. The maximum Gasteiger partial charge on any atom is 0.264 e. The molecule has 2 aromatic carbocycles. The summed E-state index contributed by atoms with van der Waals surface area (Å²) >= 11 is 1.65. The third-order valence-corrected chi connectivity index (χ3v) is 7.01. The number of para-hydroxylation sites is 1. The average Bonchev–Trinajstić information content (AvgIpc) is 3.27. The topological polar surface area (TPSA) is 79.6 Å². The Balaban J connectivity index is 1.65. The van der Waals surface area contributed by atoms with E-state index in [1.807, 2.05) is 12.1 Å². The maximum atomic E-state index is 12.9. The third-order valence-electron chi connectivity index (χ3n) is 4.25. The molecule has 0 spiro atoms. The smallest absolute Gasteiger partial charge is 0.264 e. The number of benzene rings is 2. The van der Waals surface area contributed by atoms with Crippen molar-refractivity contribution in [2.45, 2.75) is 10.6 Å². The highest BCUT2D eigenvalue weighted by atomic mass is 32.2. The first-order valence-electron chi connectivity index (χ1n) is 9.01. The van der Waals surface area contributed by atoms with E-state index in [1.54, 1.807) is 60.5 Å². The molecule has 0 radical (unpaired) electrons. The second-order valence-corrected chi connectivity index (χ2v) is 9.27. The van der Waals surface area contributed by atoms with Crippen LogP contribution in [0.1, 0.15) is 16.1 Å². The molecule has 8 heteroatoms. The highest BCUT2D eigenvalue weighted by Crippen LogP contribution is 2.25. The summed E-state index contributed by atoms with van der Waals surface area (Å²) < 4.78 is 32.2. The SMILES string of the molecule is CN(c1ccccc1C(=O)NCCSCc1ccco1)S(=O)(=O)c1ccccc1. The molecule has 29 heavy (non-hydrogen) atoms. The van der Waals surface area contributed by atoms with Gasteiger partial charge in [0.1, 0.15) is 5.76 Å². The molecule has 0 saturated heterocycles. The first-order valence-corrected chi connectivity index (χ1v) is 11.6. The number of carbonyl (C=O) groups excluding carboxylic acids is 1. The zero-order valence-corrected chi connectivity index (χ0v) is 17.6. The first-order chi connectivity index (χ1) is 14.0. The largest absolute Gasteiger partial charge is 0.468 e. The molecule has 0 aliphatic rings. The lowest BCUT2D eigenvalue weighted by molar-refractivity contribution is 0.0957. The van der Waals surface area contributed by atoms with Crippen molar-refractivity contribution in [3.05, 3.63) is 84.3 Å².